The van der Waals surface area contributed by atoms with Gasteiger partial charge in [-0.05, 0) is 37.1 Å². The molecule has 4 rings (SSSR count). The highest BCUT2D eigenvalue weighted by Crippen LogP contribution is 2.26. The van der Waals surface area contributed by atoms with E-state index in [0.717, 1.165) is 18.0 Å². The number of rotatable bonds is 5. The maximum Gasteiger partial charge on any atom is 0.573 e. The van der Waals surface area contributed by atoms with Crippen molar-refractivity contribution in [1.82, 2.24) is 24.7 Å². The van der Waals surface area contributed by atoms with Gasteiger partial charge in [0, 0.05) is 30.8 Å². The van der Waals surface area contributed by atoms with E-state index >= 15 is 0 Å². The summed E-state index contributed by atoms with van der Waals surface area (Å²) in [5.74, 6) is 0.614. The third kappa shape index (κ3) is 5.27. The second-order valence-electron chi connectivity index (χ2n) is 6.90. The number of benzene rings is 1. The number of anilines is 2. The third-order valence-corrected chi connectivity index (χ3v) is 4.84. The molecule has 0 unspecified atom stereocenters. The van der Waals surface area contributed by atoms with Crippen LogP contribution in [0.25, 0.3) is 5.82 Å². The number of hydrogen-bond acceptors (Lipinski definition) is 7. The minimum absolute atomic E-state index is 0.171. The van der Waals surface area contributed by atoms with E-state index in [9.17, 15) is 18.0 Å². The highest BCUT2D eigenvalue weighted by Gasteiger charge is 2.31. The zero-order valence-corrected chi connectivity index (χ0v) is 16.2. The zero-order chi connectivity index (χ0) is 21.8. The lowest BCUT2D eigenvalue weighted by atomic mass is 9.96. The van der Waals surface area contributed by atoms with Crippen molar-refractivity contribution in [3.63, 3.8) is 0 Å². The maximum atomic E-state index is 12.5. The average molecular weight is 433 g/mol. The summed E-state index contributed by atoms with van der Waals surface area (Å²) in [5, 5.41) is 6.80. The summed E-state index contributed by atoms with van der Waals surface area (Å²) in [4.78, 5) is 27.0. The van der Waals surface area contributed by atoms with E-state index in [1.807, 2.05) is 0 Å². The van der Waals surface area contributed by atoms with Crippen molar-refractivity contribution in [1.29, 1.82) is 0 Å². The highest BCUT2D eigenvalue weighted by molar-refractivity contribution is 5.92. The fourth-order valence-electron chi connectivity index (χ4n) is 3.32. The molecule has 3 heterocycles. The summed E-state index contributed by atoms with van der Waals surface area (Å²) in [6, 6.07) is 6.88. The topological polar surface area (TPSA) is 98.1 Å². The van der Waals surface area contributed by atoms with E-state index in [-0.39, 0.29) is 17.6 Å². The molecule has 3 aromatic rings. The summed E-state index contributed by atoms with van der Waals surface area (Å²) in [5.41, 5.74) is 0.412. The van der Waals surface area contributed by atoms with E-state index in [4.69, 9.17) is 0 Å². The molecule has 1 aromatic carbocycles. The van der Waals surface area contributed by atoms with Gasteiger partial charge < -0.3 is 15.0 Å². The highest BCUT2D eigenvalue weighted by atomic mass is 19.4. The average Bonchev–Trinajstić information content (AvgIpc) is 3.29. The van der Waals surface area contributed by atoms with Crippen LogP contribution in [0.15, 0.2) is 49.3 Å². The molecular formula is C19H18F3N7O2. The van der Waals surface area contributed by atoms with Gasteiger partial charge >= 0.3 is 6.36 Å². The molecule has 1 N–H and O–H groups in total. The van der Waals surface area contributed by atoms with Gasteiger partial charge in [0.15, 0.2) is 5.82 Å². The standard InChI is InChI=1S/C19H18F3N7O2/c20-19(21,22)31-15-3-1-14(2-4-15)27-18(30)13-5-7-28(8-6-13)16-9-17(25-11-24-16)29-12-23-10-26-29/h1-4,9-13H,5-8H2,(H,27,30). The summed E-state index contributed by atoms with van der Waals surface area (Å²) in [7, 11) is 0. The molecule has 1 fully saturated rings. The van der Waals surface area contributed by atoms with E-state index in [2.05, 4.69) is 35.0 Å². The van der Waals surface area contributed by atoms with E-state index in [0.29, 0.717) is 37.4 Å². The van der Waals surface area contributed by atoms with Crippen molar-refractivity contribution in [3.8, 4) is 11.6 Å². The molecule has 0 saturated carbocycles. The molecule has 1 saturated heterocycles. The van der Waals surface area contributed by atoms with Crippen LogP contribution >= 0.6 is 0 Å². The minimum atomic E-state index is -4.75. The Labute approximate surface area is 174 Å². The molecule has 12 heteroatoms. The van der Waals surface area contributed by atoms with Crippen molar-refractivity contribution in [2.75, 3.05) is 23.3 Å². The summed E-state index contributed by atoms with van der Waals surface area (Å²) in [6.07, 6.45) is 0.899. The molecule has 1 aliphatic rings. The summed E-state index contributed by atoms with van der Waals surface area (Å²) < 4.78 is 42.1. The summed E-state index contributed by atoms with van der Waals surface area (Å²) >= 11 is 0. The third-order valence-electron chi connectivity index (χ3n) is 4.84. The van der Waals surface area contributed by atoms with Crippen molar-refractivity contribution in [2.24, 2.45) is 5.92 Å². The van der Waals surface area contributed by atoms with E-state index < -0.39 is 6.36 Å². The molecule has 1 amide bonds. The second-order valence-corrected chi connectivity index (χ2v) is 6.90. The monoisotopic (exact) mass is 433 g/mol. The fraction of sp³-hybridized carbons (Fsp3) is 0.316. The van der Waals surface area contributed by atoms with Crippen molar-refractivity contribution in [3.05, 3.63) is 49.3 Å². The lowest BCUT2D eigenvalue weighted by molar-refractivity contribution is -0.274. The van der Waals surface area contributed by atoms with Gasteiger partial charge in [0.05, 0.1) is 0 Å². The molecule has 0 spiro atoms. The van der Waals surface area contributed by atoms with Gasteiger partial charge in [0.1, 0.15) is 30.5 Å². The maximum absolute atomic E-state index is 12.5. The lowest BCUT2D eigenvalue weighted by Crippen LogP contribution is -2.38. The number of nitrogens with zero attached hydrogens (tertiary/aromatic N) is 6. The van der Waals surface area contributed by atoms with Crippen LogP contribution in [0.3, 0.4) is 0 Å². The van der Waals surface area contributed by atoms with E-state index in [1.165, 1.54) is 29.5 Å². The summed E-state index contributed by atoms with van der Waals surface area (Å²) in [6.45, 7) is 1.26. The number of carbonyl (C=O) groups excluding carboxylic acids is 1. The minimum Gasteiger partial charge on any atom is -0.406 e. The molecule has 162 valence electrons. The van der Waals surface area contributed by atoms with Gasteiger partial charge in [-0.15, -0.1) is 13.2 Å². The molecular weight excluding hydrogens is 415 g/mol. The number of nitrogens with one attached hydrogen (secondary N) is 1. The molecule has 1 aliphatic heterocycles. The normalized spacial score (nSPS) is 15.0. The Bertz CT molecular complexity index is 1020. The van der Waals surface area contributed by atoms with Crippen molar-refractivity contribution >= 4 is 17.4 Å². The second kappa shape index (κ2) is 8.58. The van der Waals surface area contributed by atoms with Crippen LogP contribution in [-0.2, 0) is 4.79 Å². The van der Waals surface area contributed by atoms with Crippen molar-refractivity contribution in [2.45, 2.75) is 19.2 Å². The number of carbonyl (C=O) groups is 1. The predicted molar refractivity (Wildman–Crippen MR) is 104 cm³/mol. The first-order valence-corrected chi connectivity index (χ1v) is 9.46. The number of ether oxygens (including phenoxy) is 1. The van der Waals surface area contributed by atoms with Gasteiger partial charge in [-0.3, -0.25) is 4.79 Å². The van der Waals surface area contributed by atoms with Crippen LogP contribution in [0.2, 0.25) is 0 Å². The Morgan fingerprint density at radius 3 is 2.42 bits per heavy atom. The fourth-order valence-corrected chi connectivity index (χ4v) is 3.32. The molecule has 9 nitrogen and oxygen atoms in total. The van der Waals surface area contributed by atoms with Gasteiger partial charge in [0.25, 0.3) is 0 Å². The zero-order valence-electron chi connectivity index (χ0n) is 16.2. The van der Waals surface area contributed by atoms with Crippen LogP contribution in [0.1, 0.15) is 12.8 Å². The number of halogens is 3. The lowest BCUT2D eigenvalue weighted by Gasteiger charge is -2.32. The number of piperidine rings is 1. The molecule has 0 atom stereocenters. The smallest absolute Gasteiger partial charge is 0.406 e. The Kier molecular flexibility index (Phi) is 5.69. The molecule has 0 bridgehead atoms. The first-order valence-electron chi connectivity index (χ1n) is 9.46. The number of alkyl halides is 3. The SMILES string of the molecule is O=C(Nc1ccc(OC(F)(F)F)cc1)C1CCN(c2cc(-n3cncn3)ncn2)CC1. The first kappa shape index (κ1) is 20.6. The van der Waals surface area contributed by atoms with Gasteiger partial charge in [-0.25, -0.2) is 19.6 Å². The largest absolute Gasteiger partial charge is 0.573 e. The Hall–Kier alpha value is -3.70. The van der Waals surface area contributed by atoms with Gasteiger partial charge in [-0.2, -0.15) is 5.10 Å². The Morgan fingerprint density at radius 2 is 1.77 bits per heavy atom. The van der Waals surface area contributed by atoms with Crippen LogP contribution in [0.4, 0.5) is 24.7 Å². The van der Waals surface area contributed by atoms with Crippen LogP contribution < -0.4 is 15.0 Å². The number of aromatic nitrogens is 5. The number of hydrogen-bond donors (Lipinski definition) is 1. The van der Waals surface area contributed by atoms with Crippen molar-refractivity contribution < 1.29 is 22.7 Å². The van der Waals surface area contributed by atoms with E-state index in [1.54, 1.807) is 12.4 Å². The molecule has 2 aromatic heterocycles. The molecule has 0 aliphatic carbocycles. The Balaban J connectivity index is 1.32. The van der Waals surface area contributed by atoms with Gasteiger partial charge in [-0.1, -0.05) is 0 Å². The van der Waals surface area contributed by atoms with Gasteiger partial charge in [0.2, 0.25) is 5.91 Å². The predicted octanol–water partition coefficient (Wildman–Crippen LogP) is 2.81. The van der Waals surface area contributed by atoms with Crippen LogP contribution in [0.5, 0.6) is 5.75 Å². The molecule has 31 heavy (non-hydrogen) atoms. The van der Waals surface area contributed by atoms with Crippen LogP contribution in [-0.4, -0.2) is 50.1 Å². The quantitative estimate of drug-likeness (QED) is 0.661. The first-order chi connectivity index (χ1) is 14.9. The molecule has 0 radical (unpaired) electrons. The van der Waals surface area contributed by atoms with Crippen LogP contribution in [0, 0.1) is 5.92 Å². The Morgan fingerprint density at radius 1 is 1.06 bits per heavy atom. The number of amides is 1.